The van der Waals surface area contributed by atoms with Crippen molar-refractivity contribution in [2.75, 3.05) is 18.0 Å². The summed E-state index contributed by atoms with van der Waals surface area (Å²) in [4.78, 5) is 22.5. The van der Waals surface area contributed by atoms with Gasteiger partial charge in [0.25, 0.3) is 0 Å². The highest BCUT2D eigenvalue weighted by Gasteiger charge is 2.26. The summed E-state index contributed by atoms with van der Waals surface area (Å²) in [6.45, 7) is 5.40. The standard InChI is InChI=1S/C13H18N6O/c1-3-11(20)17-9-4-5-19(7-9)13-10-6-14-18-12(10)15-8(2)16-13/h6,9H,3-5,7H2,1-2H3,(H,17,20)(H,14,15,16,18). The Morgan fingerprint density at radius 3 is 3.20 bits per heavy atom. The van der Waals surface area contributed by atoms with Gasteiger partial charge < -0.3 is 10.2 Å². The lowest BCUT2D eigenvalue weighted by molar-refractivity contribution is -0.121. The number of nitrogens with zero attached hydrogens (tertiary/aromatic N) is 4. The zero-order valence-electron chi connectivity index (χ0n) is 11.7. The molecule has 0 bridgehead atoms. The highest BCUT2D eigenvalue weighted by atomic mass is 16.1. The summed E-state index contributed by atoms with van der Waals surface area (Å²) >= 11 is 0. The van der Waals surface area contributed by atoms with Crippen LogP contribution < -0.4 is 10.2 Å². The normalized spacial score (nSPS) is 18.7. The van der Waals surface area contributed by atoms with Crippen molar-refractivity contribution in [3.8, 4) is 0 Å². The summed E-state index contributed by atoms with van der Waals surface area (Å²) in [5.74, 6) is 1.72. The van der Waals surface area contributed by atoms with E-state index in [1.807, 2.05) is 13.8 Å². The Balaban J connectivity index is 1.82. The molecule has 0 aromatic carbocycles. The molecule has 2 aromatic heterocycles. The maximum absolute atomic E-state index is 11.5. The summed E-state index contributed by atoms with van der Waals surface area (Å²) in [5.41, 5.74) is 0.758. The Bertz CT molecular complexity index is 637. The van der Waals surface area contributed by atoms with E-state index in [-0.39, 0.29) is 11.9 Å². The van der Waals surface area contributed by atoms with Crippen molar-refractivity contribution in [3.05, 3.63) is 12.0 Å². The van der Waals surface area contributed by atoms with Gasteiger partial charge in [0.15, 0.2) is 5.65 Å². The summed E-state index contributed by atoms with van der Waals surface area (Å²) in [7, 11) is 0. The van der Waals surface area contributed by atoms with Crippen LogP contribution in [0, 0.1) is 6.92 Å². The van der Waals surface area contributed by atoms with Crippen LogP contribution in [-0.2, 0) is 4.79 Å². The largest absolute Gasteiger partial charge is 0.354 e. The molecule has 2 aromatic rings. The van der Waals surface area contributed by atoms with Crippen molar-refractivity contribution in [2.24, 2.45) is 0 Å². The summed E-state index contributed by atoms with van der Waals surface area (Å²) in [6.07, 6.45) is 3.21. The van der Waals surface area contributed by atoms with Gasteiger partial charge in [-0.15, -0.1) is 0 Å². The van der Waals surface area contributed by atoms with E-state index in [0.29, 0.717) is 6.42 Å². The van der Waals surface area contributed by atoms with E-state index in [2.05, 4.69) is 30.4 Å². The first-order valence-corrected chi connectivity index (χ1v) is 6.89. The lowest BCUT2D eigenvalue weighted by atomic mass is 10.2. The van der Waals surface area contributed by atoms with Gasteiger partial charge in [-0.25, -0.2) is 9.97 Å². The lowest BCUT2D eigenvalue weighted by Gasteiger charge is -2.18. The molecule has 1 atom stereocenters. The molecule has 0 saturated carbocycles. The molecule has 106 valence electrons. The zero-order chi connectivity index (χ0) is 14.1. The van der Waals surface area contributed by atoms with Crippen LogP contribution in [0.15, 0.2) is 6.20 Å². The first-order valence-electron chi connectivity index (χ1n) is 6.89. The van der Waals surface area contributed by atoms with Crippen molar-refractivity contribution < 1.29 is 4.79 Å². The number of aryl methyl sites for hydroxylation is 1. The van der Waals surface area contributed by atoms with Crippen molar-refractivity contribution in [2.45, 2.75) is 32.7 Å². The van der Waals surface area contributed by atoms with Gasteiger partial charge in [0.1, 0.15) is 11.6 Å². The Kier molecular flexibility index (Phi) is 3.25. The van der Waals surface area contributed by atoms with E-state index in [0.717, 1.165) is 42.2 Å². The molecule has 2 N–H and O–H groups in total. The highest BCUT2D eigenvalue weighted by Crippen LogP contribution is 2.25. The number of anilines is 1. The van der Waals surface area contributed by atoms with E-state index in [9.17, 15) is 4.79 Å². The van der Waals surface area contributed by atoms with Gasteiger partial charge in [-0.1, -0.05) is 6.92 Å². The summed E-state index contributed by atoms with van der Waals surface area (Å²) in [5, 5.41) is 10.9. The average molecular weight is 274 g/mol. The quantitative estimate of drug-likeness (QED) is 0.863. The number of rotatable bonds is 3. The number of H-pyrrole nitrogens is 1. The minimum atomic E-state index is 0.101. The second kappa shape index (κ2) is 5.07. The molecule has 7 nitrogen and oxygen atoms in total. The van der Waals surface area contributed by atoms with Gasteiger partial charge in [-0.3, -0.25) is 9.89 Å². The maximum atomic E-state index is 11.5. The van der Waals surface area contributed by atoms with E-state index >= 15 is 0 Å². The number of aromatic nitrogens is 4. The molecule has 1 amide bonds. The smallest absolute Gasteiger partial charge is 0.219 e. The molecule has 3 rings (SSSR count). The van der Waals surface area contributed by atoms with Crippen LogP contribution >= 0.6 is 0 Å². The van der Waals surface area contributed by atoms with Crippen molar-refractivity contribution in [1.29, 1.82) is 0 Å². The Morgan fingerprint density at radius 1 is 1.55 bits per heavy atom. The molecule has 1 fully saturated rings. The number of nitrogens with one attached hydrogen (secondary N) is 2. The Hall–Kier alpha value is -2.18. The maximum Gasteiger partial charge on any atom is 0.219 e. The molecule has 1 aliphatic rings. The monoisotopic (exact) mass is 274 g/mol. The van der Waals surface area contributed by atoms with Crippen LogP contribution in [0.4, 0.5) is 5.82 Å². The predicted molar refractivity (Wildman–Crippen MR) is 75.5 cm³/mol. The number of amides is 1. The van der Waals surface area contributed by atoms with Gasteiger partial charge in [-0.05, 0) is 13.3 Å². The molecule has 1 aliphatic heterocycles. The zero-order valence-corrected chi connectivity index (χ0v) is 11.7. The van der Waals surface area contributed by atoms with E-state index in [1.165, 1.54) is 0 Å². The van der Waals surface area contributed by atoms with Crippen molar-refractivity contribution in [1.82, 2.24) is 25.5 Å². The van der Waals surface area contributed by atoms with Crippen LogP contribution in [0.5, 0.6) is 0 Å². The van der Waals surface area contributed by atoms with Gasteiger partial charge in [0.2, 0.25) is 5.91 Å². The Morgan fingerprint density at radius 2 is 2.40 bits per heavy atom. The Labute approximate surface area is 116 Å². The number of aromatic amines is 1. The van der Waals surface area contributed by atoms with E-state index in [1.54, 1.807) is 6.20 Å². The number of hydrogen-bond donors (Lipinski definition) is 2. The third kappa shape index (κ3) is 2.31. The first kappa shape index (κ1) is 12.8. The van der Waals surface area contributed by atoms with E-state index in [4.69, 9.17) is 0 Å². The second-order valence-electron chi connectivity index (χ2n) is 5.08. The molecule has 0 radical (unpaired) electrons. The van der Waals surface area contributed by atoms with Gasteiger partial charge >= 0.3 is 0 Å². The fourth-order valence-electron chi connectivity index (χ4n) is 2.57. The minimum Gasteiger partial charge on any atom is -0.354 e. The van der Waals surface area contributed by atoms with Crippen LogP contribution in [0.25, 0.3) is 11.0 Å². The summed E-state index contributed by atoms with van der Waals surface area (Å²) in [6, 6.07) is 0.194. The third-order valence-corrected chi connectivity index (χ3v) is 3.58. The fourth-order valence-corrected chi connectivity index (χ4v) is 2.57. The molecular weight excluding hydrogens is 256 g/mol. The van der Waals surface area contributed by atoms with Crippen molar-refractivity contribution in [3.63, 3.8) is 0 Å². The number of fused-ring (bicyclic) bond motifs is 1. The molecule has 3 heterocycles. The molecular formula is C13H18N6O. The SMILES string of the molecule is CCC(=O)NC1CCN(c2nc(C)nc3[nH]ncc23)C1. The van der Waals surface area contributed by atoms with Gasteiger partial charge in [0.05, 0.1) is 11.6 Å². The topological polar surface area (TPSA) is 86.8 Å². The number of carbonyl (C=O) groups is 1. The van der Waals surface area contributed by atoms with Crippen LogP contribution in [0.1, 0.15) is 25.6 Å². The molecule has 7 heteroatoms. The van der Waals surface area contributed by atoms with Crippen LogP contribution in [-0.4, -0.2) is 45.2 Å². The van der Waals surface area contributed by atoms with Gasteiger partial charge in [-0.2, -0.15) is 5.10 Å². The molecule has 20 heavy (non-hydrogen) atoms. The minimum absolute atomic E-state index is 0.101. The second-order valence-corrected chi connectivity index (χ2v) is 5.08. The van der Waals surface area contributed by atoms with Crippen LogP contribution in [0.2, 0.25) is 0 Å². The van der Waals surface area contributed by atoms with Gasteiger partial charge in [0, 0.05) is 25.6 Å². The highest BCUT2D eigenvalue weighted by molar-refractivity contribution is 5.86. The van der Waals surface area contributed by atoms with E-state index < -0.39 is 0 Å². The predicted octanol–water partition coefficient (Wildman–Crippen LogP) is 0.766. The molecule has 1 saturated heterocycles. The number of hydrogen-bond acceptors (Lipinski definition) is 5. The first-order chi connectivity index (χ1) is 9.67. The van der Waals surface area contributed by atoms with Crippen molar-refractivity contribution >= 4 is 22.8 Å². The third-order valence-electron chi connectivity index (χ3n) is 3.58. The molecule has 0 spiro atoms. The van der Waals surface area contributed by atoms with Crippen LogP contribution in [0.3, 0.4) is 0 Å². The number of carbonyl (C=O) groups excluding carboxylic acids is 1. The molecule has 0 aliphatic carbocycles. The average Bonchev–Trinajstić information content (AvgIpc) is 3.06. The lowest BCUT2D eigenvalue weighted by Crippen LogP contribution is -2.36. The summed E-state index contributed by atoms with van der Waals surface area (Å²) < 4.78 is 0. The fraction of sp³-hybridized carbons (Fsp3) is 0.538. The molecule has 1 unspecified atom stereocenters.